The summed E-state index contributed by atoms with van der Waals surface area (Å²) in [6.45, 7) is 2.13. The lowest BCUT2D eigenvalue weighted by Crippen LogP contribution is -1.87. The lowest BCUT2D eigenvalue weighted by Gasteiger charge is -2.10. The Labute approximate surface area is 144 Å². The van der Waals surface area contributed by atoms with Crippen LogP contribution in [0, 0.1) is 6.92 Å². The van der Waals surface area contributed by atoms with Gasteiger partial charge in [0.05, 0.1) is 7.11 Å². The molecule has 4 aromatic rings. The molecular formula is C22H19OP. The zero-order valence-electron chi connectivity index (χ0n) is 13.8. The summed E-state index contributed by atoms with van der Waals surface area (Å²) in [5.74, 6) is 0.942. The van der Waals surface area contributed by atoms with Crippen LogP contribution in [0.3, 0.4) is 0 Å². The highest BCUT2D eigenvalue weighted by Gasteiger charge is 2.16. The molecule has 1 unspecified atom stereocenters. The monoisotopic (exact) mass is 330 g/mol. The first-order valence-corrected chi connectivity index (χ1v) is 9.09. The van der Waals surface area contributed by atoms with Gasteiger partial charge in [-0.3, -0.25) is 0 Å². The molecule has 0 radical (unpaired) electrons. The van der Waals surface area contributed by atoms with Crippen LogP contribution in [0.1, 0.15) is 5.56 Å². The minimum Gasteiger partial charge on any atom is -0.496 e. The minimum absolute atomic E-state index is 0.650. The van der Waals surface area contributed by atoms with E-state index in [0.29, 0.717) is 8.19 Å². The van der Waals surface area contributed by atoms with Gasteiger partial charge in [-0.25, -0.2) is 0 Å². The van der Waals surface area contributed by atoms with Crippen LogP contribution >= 0.6 is 8.19 Å². The number of ether oxygens (including phenoxy) is 1. The number of aryl methyl sites for hydroxylation is 1. The van der Waals surface area contributed by atoms with E-state index in [4.69, 9.17) is 4.74 Å². The fourth-order valence-electron chi connectivity index (χ4n) is 3.22. The Morgan fingerprint density at radius 3 is 2.29 bits per heavy atom. The van der Waals surface area contributed by atoms with Gasteiger partial charge < -0.3 is 4.74 Å². The summed E-state index contributed by atoms with van der Waals surface area (Å²) in [7, 11) is 2.40. The Hall–Kier alpha value is -2.50. The molecule has 0 amide bonds. The largest absolute Gasteiger partial charge is 0.496 e. The molecule has 0 bridgehead atoms. The molecule has 1 aromatic heterocycles. The zero-order chi connectivity index (χ0) is 16.5. The highest BCUT2D eigenvalue weighted by atomic mass is 31.0. The molecule has 0 aliphatic heterocycles. The molecular weight excluding hydrogens is 311 g/mol. The molecule has 0 N–H and O–H groups in total. The van der Waals surface area contributed by atoms with Gasteiger partial charge in [0.2, 0.25) is 0 Å². The van der Waals surface area contributed by atoms with E-state index in [2.05, 4.69) is 67.6 Å². The fourth-order valence-corrected chi connectivity index (χ4v) is 4.75. The molecule has 1 heterocycles. The first-order valence-electron chi connectivity index (χ1n) is 8.09. The van der Waals surface area contributed by atoms with Crippen LogP contribution in [0.2, 0.25) is 0 Å². The molecule has 0 saturated carbocycles. The molecule has 1 nitrogen and oxygen atoms in total. The Bertz CT molecular complexity index is 996. The van der Waals surface area contributed by atoms with Gasteiger partial charge in [0.25, 0.3) is 0 Å². The molecule has 0 spiro atoms. The van der Waals surface area contributed by atoms with Gasteiger partial charge in [-0.05, 0) is 29.1 Å². The number of methoxy groups -OCH3 is 1. The molecule has 4 rings (SSSR count). The van der Waals surface area contributed by atoms with Crippen LogP contribution in [0.4, 0.5) is 0 Å². The second-order valence-electron chi connectivity index (χ2n) is 5.99. The van der Waals surface area contributed by atoms with Crippen molar-refractivity contribution in [1.82, 2.24) is 0 Å². The SMILES string of the molecule is COc1ccccc1-c1[pH]c2ccccc2c1-c1ccc(C)cc1. The van der Waals surface area contributed by atoms with Crippen molar-refractivity contribution in [3.8, 4) is 27.7 Å². The molecule has 3 aromatic carbocycles. The molecule has 0 fully saturated rings. The number of hydrogen-bond acceptors (Lipinski definition) is 1. The van der Waals surface area contributed by atoms with E-state index < -0.39 is 0 Å². The third kappa shape index (κ3) is 2.52. The molecule has 0 aliphatic carbocycles. The molecule has 1 atom stereocenters. The van der Waals surface area contributed by atoms with Crippen molar-refractivity contribution in [1.29, 1.82) is 0 Å². The van der Waals surface area contributed by atoms with Crippen molar-refractivity contribution in [2.24, 2.45) is 0 Å². The summed E-state index contributed by atoms with van der Waals surface area (Å²) in [5.41, 5.74) is 5.10. The van der Waals surface area contributed by atoms with E-state index in [9.17, 15) is 0 Å². The van der Waals surface area contributed by atoms with Crippen molar-refractivity contribution < 1.29 is 4.74 Å². The number of rotatable bonds is 3. The standard InChI is InChI=1S/C22H19OP/c1-15-11-13-16(14-12-15)21-18-8-4-6-10-20(18)24-22(21)17-7-3-5-9-19(17)23-2/h3-14,24H,1-2H3. The van der Waals surface area contributed by atoms with E-state index >= 15 is 0 Å². The van der Waals surface area contributed by atoms with Crippen molar-refractivity contribution in [3.05, 3.63) is 78.4 Å². The fraction of sp³-hybridized carbons (Fsp3) is 0.0909. The summed E-state index contributed by atoms with van der Waals surface area (Å²) in [6.07, 6.45) is 0. The van der Waals surface area contributed by atoms with Crippen molar-refractivity contribution in [3.63, 3.8) is 0 Å². The average molecular weight is 330 g/mol. The van der Waals surface area contributed by atoms with E-state index in [1.165, 1.54) is 38.1 Å². The summed E-state index contributed by atoms with van der Waals surface area (Å²) < 4.78 is 5.63. The van der Waals surface area contributed by atoms with Crippen LogP contribution in [-0.2, 0) is 0 Å². The second-order valence-corrected chi connectivity index (χ2v) is 7.28. The van der Waals surface area contributed by atoms with Crippen molar-refractivity contribution >= 4 is 18.7 Å². The Kier molecular flexibility index (Phi) is 3.88. The molecule has 0 saturated heterocycles. The summed E-state index contributed by atoms with van der Waals surface area (Å²) >= 11 is 0. The number of benzene rings is 3. The topological polar surface area (TPSA) is 9.23 Å². The van der Waals surface area contributed by atoms with Crippen LogP contribution in [0.25, 0.3) is 32.5 Å². The Balaban J connectivity index is 2.05. The quantitative estimate of drug-likeness (QED) is 0.415. The normalized spacial score (nSPS) is 11.2. The molecule has 2 heteroatoms. The van der Waals surface area contributed by atoms with Crippen molar-refractivity contribution in [2.75, 3.05) is 7.11 Å². The van der Waals surface area contributed by atoms with Gasteiger partial charge in [0.1, 0.15) is 5.75 Å². The second kappa shape index (κ2) is 6.19. The minimum atomic E-state index is 0.650. The third-order valence-corrected chi connectivity index (χ3v) is 5.90. The van der Waals surface area contributed by atoms with E-state index in [0.717, 1.165) is 5.75 Å². The third-order valence-electron chi connectivity index (χ3n) is 4.42. The number of fused-ring (bicyclic) bond motifs is 1. The maximum Gasteiger partial charge on any atom is 0.127 e. The van der Waals surface area contributed by atoms with E-state index in [1.807, 2.05) is 12.1 Å². The van der Waals surface area contributed by atoms with Gasteiger partial charge in [-0.2, -0.15) is 0 Å². The van der Waals surface area contributed by atoms with Crippen LogP contribution < -0.4 is 4.74 Å². The first kappa shape index (κ1) is 15.1. The average Bonchev–Trinajstić information content (AvgIpc) is 3.01. The predicted octanol–water partition coefficient (Wildman–Crippen LogP) is 6.52. The highest BCUT2D eigenvalue weighted by molar-refractivity contribution is 7.41. The van der Waals surface area contributed by atoms with Gasteiger partial charge in [0.15, 0.2) is 0 Å². The van der Waals surface area contributed by atoms with Gasteiger partial charge in [-0.1, -0.05) is 72.3 Å². The van der Waals surface area contributed by atoms with Crippen LogP contribution in [0.5, 0.6) is 5.75 Å². The zero-order valence-corrected chi connectivity index (χ0v) is 14.8. The lowest BCUT2D eigenvalue weighted by atomic mass is 9.98. The molecule has 24 heavy (non-hydrogen) atoms. The van der Waals surface area contributed by atoms with Crippen molar-refractivity contribution in [2.45, 2.75) is 6.92 Å². The lowest BCUT2D eigenvalue weighted by molar-refractivity contribution is 0.416. The van der Waals surface area contributed by atoms with Gasteiger partial charge in [0, 0.05) is 16.4 Å². The maximum atomic E-state index is 5.63. The van der Waals surface area contributed by atoms with E-state index in [1.54, 1.807) is 7.11 Å². The smallest absolute Gasteiger partial charge is 0.127 e. The van der Waals surface area contributed by atoms with E-state index in [-0.39, 0.29) is 0 Å². The first-order chi connectivity index (χ1) is 11.8. The number of para-hydroxylation sites is 1. The molecule has 118 valence electrons. The Morgan fingerprint density at radius 2 is 1.50 bits per heavy atom. The van der Waals surface area contributed by atoms with Crippen LogP contribution in [0.15, 0.2) is 72.8 Å². The summed E-state index contributed by atoms with van der Waals surface area (Å²) in [4.78, 5) is 0. The van der Waals surface area contributed by atoms with Crippen LogP contribution in [-0.4, -0.2) is 7.11 Å². The Morgan fingerprint density at radius 1 is 0.792 bits per heavy atom. The van der Waals surface area contributed by atoms with Gasteiger partial charge >= 0.3 is 0 Å². The molecule has 0 aliphatic rings. The number of hydrogen-bond donors (Lipinski definition) is 0. The highest BCUT2D eigenvalue weighted by Crippen LogP contribution is 2.49. The van der Waals surface area contributed by atoms with Gasteiger partial charge in [-0.15, -0.1) is 8.19 Å². The maximum absolute atomic E-state index is 5.63. The predicted molar refractivity (Wildman–Crippen MR) is 106 cm³/mol. The summed E-state index contributed by atoms with van der Waals surface area (Å²) in [5, 5.41) is 4.13. The summed E-state index contributed by atoms with van der Waals surface area (Å²) in [6, 6.07) is 25.9.